The molecule has 0 spiro atoms. The molecule has 0 unspecified atom stereocenters. The number of aromatic nitrogens is 1. The van der Waals surface area contributed by atoms with Crippen LogP contribution in [0.25, 0.3) is 5.57 Å². The van der Waals surface area contributed by atoms with Crippen LogP contribution in [-0.4, -0.2) is 22.4 Å². The Bertz CT molecular complexity index is 944. The molecule has 3 rings (SSSR count). The number of nitrogens with one attached hydrogen (secondary N) is 2. The zero-order valence-electron chi connectivity index (χ0n) is 12.9. The second-order valence-electron chi connectivity index (χ2n) is 5.07. The van der Waals surface area contributed by atoms with Gasteiger partial charge >= 0.3 is 0 Å². The van der Waals surface area contributed by atoms with Crippen molar-refractivity contribution in [3.63, 3.8) is 0 Å². The molecule has 0 saturated heterocycles. The molecule has 2 N–H and O–H groups in total. The van der Waals surface area contributed by atoms with Gasteiger partial charge in [0.2, 0.25) is 0 Å². The first-order valence-electron chi connectivity index (χ1n) is 7.02. The fourth-order valence-electron chi connectivity index (χ4n) is 2.15. The van der Waals surface area contributed by atoms with E-state index in [1.165, 1.54) is 29.7 Å². The molecule has 0 fully saturated rings. The van der Waals surface area contributed by atoms with E-state index >= 15 is 0 Å². The predicted octanol–water partition coefficient (Wildman–Crippen LogP) is 2.67. The second-order valence-corrected chi connectivity index (χ2v) is 5.93. The summed E-state index contributed by atoms with van der Waals surface area (Å²) in [4.78, 5) is 26.3. The maximum Gasteiger partial charge on any atom is 0.296 e. The lowest BCUT2D eigenvalue weighted by Crippen LogP contribution is -2.25. The Morgan fingerprint density at radius 1 is 1.60 bits per heavy atom. The van der Waals surface area contributed by atoms with Crippen LogP contribution in [0.3, 0.4) is 0 Å². The van der Waals surface area contributed by atoms with E-state index in [1.807, 2.05) is 6.07 Å². The van der Waals surface area contributed by atoms with Gasteiger partial charge in [-0.25, -0.2) is 4.98 Å². The van der Waals surface area contributed by atoms with Gasteiger partial charge in [0.05, 0.1) is 16.7 Å². The molecule has 1 aliphatic heterocycles. The average Bonchev–Trinajstić information content (AvgIpc) is 3.00. The molecular weight excluding hydrogens is 346 g/mol. The lowest BCUT2D eigenvalue weighted by Gasteiger charge is -2.18. The molecule has 2 aromatic rings. The number of allylic oxidation sites excluding steroid dienone is 1. The number of thiazole rings is 1. The van der Waals surface area contributed by atoms with Crippen LogP contribution < -0.4 is 15.4 Å². The van der Waals surface area contributed by atoms with E-state index in [9.17, 15) is 20.2 Å². The molecule has 1 aliphatic rings. The summed E-state index contributed by atoms with van der Waals surface area (Å²) < 4.78 is 5.18. The third kappa shape index (κ3) is 3.41. The van der Waals surface area contributed by atoms with Crippen molar-refractivity contribution < 1.29 is 14.5 Å². The quantitative estimate of drug-likeness (QED) is 0.488. The first kappa shape index (κ1) is 16.4. The molecular formula is C15H11N5O4S. The first-order chi connectivity index (χ1) is 12.0. The molecule has 1 aromatic heterocycles. The zero-order valence-corrected chi connectivity index (χ0v) is 13.7. The molecule has 9 nitrogen and oxygen atoms in total. The van der Waals surface area contributed by atoms with Crippen molar-refractivity contribution in [3.05, 3.63) is 44.5 Å². The van der Waals surface area contributed by atoms with E-state index < -0.39 is 4.92 Å². The number of nitro benzene ring substituents is 1. The number of rotatable bonds is 4. The molecule has 2 heterocycles. The second kappa shape index (κ2) is 6.58. The number of carbonyl (C=O) groups excluding carboxylic acids is 1. The van der Waals surface area contributed by atoms with Gasteiger partial charge in [0, 0.05) is 17.3 Å². The highest BCUT2D eigenvalue weighted by Gasteiger charge is 2.23. The minimum absolute atomic E-state index is 0.121. The minimum atomic E-state index is -0.574. The number of anilines is 2. The summed E-state index contributed by atoms with van der Waals surface area (Å²) in [6.07, 6.45) is 1.35. The molecule has 0 aliphatic carbocycles. The number of nitro groups is 1. The number of fused-ring (bicyclic) bond motifs is 1. The van der Waals surface area contributed by atoms with E-state index in [0.717, 1.165) is 5.69 Å². The summed E-state index contributed by atoms with van der Waals surface area (Å²) in [6, 6.07) is 4.62. The predicted molar refractivity (Wildman–Crippen MR) is 91.3 cm³/mol. The van der Waals surface area contributed by atoms with Crippen molar-refractivity contribution in [2.45, 2.75) is 6.92 Å². The van der Waals surface area contributed by atoms with Gasteiger partial charge in [0.15, 0.2) is 12.4 Å². The third-order valence-electron chi connectivity index (χ3n) is 3.27. The molecule has 25 heavy (non-hydrogen) atoms. The van der Waals surface area contributed by atoms with Crippen LogP contribution >= 0.6 is 11.3 Å². The summed E-state index contributed by atoms with van der Waals surface area (Å²) >= 11 is 1.30. The highest BCUT2D eigenvalue weighted by Crippen LogP contribution is 2.38. The van der Waals surface area contributed by atoms with Crippen molar-refractivity contribution in [1.82, 2.24) is 4.98 Å². The van der Waals surface area contributed by atoms with Gasteiger partial charge in [0.25, 0.3) is 11.6 Å². The molecule has 1 amide bonds. The van der Waals surface area contributed by atoms with Gasteiger partial charge in [-0.3, -0.25) is 14.9 Å². The SMILES string of the molecule is Cc1csc(/C(C#N)=C/Nc2cc3c(cc2[N+](=O)[O-])OCC(=O)N3)n1. The third-order valence-corrected chi connectivity index (χ3v) is 4.26. The molecule has 126 valence electrons. The van der Waals surface area contributed by atoms with Gasteiger partial charge in [0.1, 0.15) is 22.3 Å². The van der Waals surface area contributed by atoms with Gasteiger partial charge < -0.3 is 15.4 Å². The Morgan fingerprint density at radius 2 is 2.40 bits per heavy atom. The topological polar surface area (TPSA) is 130 Å². The fourth-order valence-corrected chi connectivity index (χ4v) is 2.91. The maximum atomic E-state index is 11.4. The lowest BCUT2D eigenvalue weighted by atomic mass is 10.2. The Balaban J connectivity index is 1.97. The van der Waals surface area contributed by atoms with E-state index in [1.54, 1.807) is 12.3 Å². The van der Waals surface area contributed by atoms with Gasteiger partial charge in [-0.2, -0.15) is 5.26 Å². The van der Waals surface area contributed by atoms with Crippen LogP contribution in [0.15, 0.2) is 23.7 Å². The highest BCUT2D eigenvalue weighted by atomic mass is 32.1. The van der Waals surface area contributed by atoms with E-state index in [0.29, 0.717) is 10.7 Å². The summed E-state index contributed by atoms with van der Waals surface area (Å²) in [7, 11) is 0. The van der Waals surface area contributed by atoms with E-state index in [4.69, 9.17) is 4.74 Å². The summed E-state index contributed by atoms with van der Waals surface area (Å²) in [5.74, 6) is -0.129. The smallest absolute Gasteiger partial charge is 0.296 e. The van der Waals surface area contributed by atoms with Crippen LogP contribution in [0, 0.1) is 28.4 Å². The Labute approximate surface area is 145 Å². The summed E-state index contributed by atoms with van der Waals surface area (Å²) in [6.45, 7) is 1.61. The van der Waals surface area contributed by atoms with Crippen LogP contribution in [0.1, 0.15) is 10.7 Å². The first-order valence-corrected chi connectivity index (χ1v) is 7.90. The van der Waals surface area contributed by atoms with Crippen LogP contribution in [-0.2, 0) is 4.79 Å². The van der Waals surface area contributed by atoms with Crippen LogP contribution in [0.4, 0.5) is 17.1 Å². The van der Waals surface area contributed by atoms with Crippen molar-refractivity contribution >= 4 is 39.9 Å². The van der Waals surface area contributed by atoms with Crippen molar-refractivity contribution in [2.24, 2.45) is 0 Å². The number of nitriles is 1. The number of hydrogen-bond donors (Lipinski definition) is 2. The highest BCUT2D eigenvalue weighted by molar-refractivity contribution is 7.10. The number of nitrogens with zero attached hydrogens (tertiary/aromatic N) is 3. The number of benzene rings is 1. The fraction of sp³-hybridized carbons (Fsp3) is 0.133. The van der Waals surface area contributed by atoms with Crippen molar-refractivity contribution in [1.29, 1.82) is 5.26 Å². The minimum Gasteiger partial charge on any atom is -0.481 e. The number of carbonyl (C=O) groups is 1. The largest absolute Gasteiger partial charge is 0.481 e. The molecule has 0 radical (unpaired) electrons. The zero-order chi connectivity index (χ0) is 18.0. The van der Waals surface area contributed by atoms with Crippen molar-refractivity contribution in [2.75, 3.05) is 17.2 Å². The van der Waals surface area contributed by atoms with Gasteiger partial charge in [-0.1, -0.05) is 0 Å². The summed E-state index contributed by atoms with van der Waals surface area (Å²) in [5, 5.41) is 28.2. The number of hydrogen-bond acceptors (Lipinski definition) is 8. The van der Waals surface area contributed by atoms with Gasteiger partial charge in [-0.15, -0.1) is 11.3 Å². The lowest BCUT2D eigenvalue weighted by molar-refractivity contribution is -0.384. The van der Waals surface area contributed by atoms with Crippen LogP contribution in [0.5, 0.6) is 5.75 Å². The molecule has 0 atom stereocenters. The molecule has 0 bridgehead atoms. The van der Waals surface area contributed by atoms with E-state index in [-0.39, 0.29) is 35.2 Å². The van der Waals surface area contributed by atoms with Crippen molar-refractivity contribution in [3.8, 4) is 11.8 Å². The standard InChI is InChI=1S/C15H11N5O4S/c1-8-7-25-15(18-8)9(4-16)5-17-10-2-11-13(3-12(10)20(22)23)24-6-14(21)19-11/h2-3,5,7,17H,6H2,1H3,(H,19,21)/b9-5+. The molecule has 0 saturated carbocycles. The number of aryl methyl sites for hydroxylation is 1. The monoisotopic (exact) mass is 357 g/mol. The number of ether oxygens (including phenoxy) is 1. The normalized spacial score (nSPS) is 13.3. The average molecular weight is 357 g/mol. The molecule has 1 aromatic carbocycles. The van der Waals surface area contributed by atoms with Crippen LogP contribution in [0.2, 0.25) is 0 Å². The maximum absolute atomic E-state index is 11.4. The van der Waals surface area contributed by atoms with Gasteiger partial charge in [-0.05, 0) is 13.0 Å². The van der Waals surface area contributed by atoms with E-state index in [2.05, 4.69) is 15.6 Å². The Kier molecular flexibility index (Phi) is 4.32. The number of amides is 1. The Morgan fingerprint density at radius 3 is 3.04 bits per heavy atom. The molecule has 10 heteroatoms. The Hall–Kier alpha value is -3.45. The summed E-state index contributed by atoms with van der Waals surface area (Å²) in [5.41, 5.74) is 1.22.